The van der Waals surface area contributed by atoms with Crippen molar-refractivity contribution < 1.29 is 14.7 Å². The number of aliphatic hydroxyl groups excluding tert-OH is 1. The Bertz CT molecular complexity index is 272. The zero-order valence-electron chi connectivity index (χ0n) is 8.40. The van der Waals surface area contributed by atoms with Crippen LogP contribution >= 0.6 is 0 Å². The number of amides is 2. The Morgan fingerprint density at radius 2 is 2.33 bits per heavy atom. The smallest absolute Gasteiger partial charge is 0.241 e. The molecule has 2 rings (SSSR count). The van der Waals surface area contributed by atoms with Crippen LogP contribution in [0.15, 0.2) is 0 Å². The van der Waals surface area contributed by atoms with Crippen LogP contribution in [0.25, 0.3) is 0 Å². The zero-order chi connectivity index (χ0) is 10.8. The van der Waals surface area contributed by atoms with E-state index in [0.29, 0.717) is 26.1 Å². The third kappa shape index (κ3) is 2.27. The number of hydrogen-bond acceptors (Lipinski definition) is 4. The number of nitrogens with one attached hydrogen (secondary N) is 2. The molecule has 0 radical (unpaired) electrons. The quantitative estimate of drug-likeness (QED) is 0.456. The predicted octanol–water partition coefficient (Wildman–Crippen LogP) is -2.33. The Hall–Kier alpha value is -1.14. The van der Waals surface area contributed by atoms with E-state index in [1.54, 1.807) is 4.90 Å². The number of likely N-dealkylation sites (tertiary alicyclic amines) is 1. The second-order valence-corrected chi connectivity index (χ2v) is 3.96. The highest BCUT2D eigenvalue weighted by atomic mass is 16.3. The Labute approximate surface area is 87.6 Å². The highest BCUT2D eigenvalue weighted by Gasteiger charge is 2.31. The van der Waals surface area contributed by atoms with Gasteiger partial charge in [0.2, 0.25) is 11.8 Å². The summed E-state index contributed by atoms with van der Waals surface area (Å²) in [4.78, 5) is 24.4. The average Bonchev–Trinajstić information content (AvgIpc) is 2.65. The largest absolute Gasteiger partial charge is 0.391 e. The van der Waals surface area contributed by atoms with Crippen molar-refractivity contribution in [2.45, 2.75) is 18.6 Å². The molecule has 2 aliphatic rings. The summed E-state index contributed by atoms with van der Waals surface area (Å²) in [6, 6.07) is -0.340. The summed E-state index contributed by atoms with van der Waals surface area (Å²) >= 11 is 0. The van der Waals surface area contributed by atoms with Crippen molar-refractivity contribution in [2.75, 3.05) is 26.2 Å². The maximum absolute atomic E-state index is 11.9. The predicted molar refractivity (Wildman–Crippen MR) is 52.0 cm³/mol. The minimum absolute atomic E-state index is 0.0356. The lowest BCUT2D eigenvalue weighted by Gasteiger charge is -2.27. The third-order valence-corrected chi connectivity index (χ3v) is 2.79. The van der Waals surface area contributed by atoms with E-state index in [1.165, 1.54) is 0 Å². The van der Waals surface area contributed by atoms with Crippen molar-refractivity contribution in [3.05, 3.63) is 0 Å². The van der Waals surface area contributed by atoms with E-state index in [1.807, 2.05) is 0 Å². The fourth-order valence-corrected chi connectivity index (χ4v) is 1.90. The highest BCUT2D eigenvalue weighted by molar-refractivity contribution is 5.87. The number of nitrogens with zero attached hydrogens (tertiary/aromatic N) is 1. The molecule has 84 valence electrons. The van der Waals surface area contributed by atoms with Crippen molar-refractivity contribution in [2.24, 2.45) is 0 Å². The van der Waals surface area contributed by atoms with Crippen LogP contribution in [0.5, 0.6) is 0 Å². The first-order valence-corrected chi connectivity index (χ1v) is 5.14. The van der Waals surface area contributed by atoms with E-state index in [0.717, 1.165) is 0 Å². The molecule has 0 aromatic carbocycles. The number of hydrogen-bond donors (Lipinski definition) is 3. The minimum atomic E-state index is -0.396. The minimum Gasteiger partial charge on any atom is -0.391 e. The zero-order valence-corrected chi connectivity index (χ0v) is 8.40. The molecule has 2 heterocycles. The summed E-state index contributed by atoms with van der Waals surface area (Å²) in [5, 5.41) is 14.8. The monoisotopic (exact) mass is 213 g/mol. The van der Waals surface area contributed by atoms with Gasteiger partial charge in [-0.2, -0.15) is 0 Å². The fraction of sp³-hybridized carbons (Fsp3) is 0.778. The second-order valence-electron chi connectivity index (χ2n) is 3.96. The number of carbonyl (C=O) groups is 2. The molecule has 2 aliphatic heterocycles. The summed E-state index contributed by atoms with van der Waals surface area (Å²) in [5.41, 5.74) is 0. The van der Waals surface area contributed by atoms with Crippen LogP contribution in [-0.2, 0) is 9.59 Å². The summed E-state index contributed by atoms with van der Waals surface area (Å²) in [6.45, 7) is 1.54. The van der Waals surface area contributed by atoms with Crippen LogP contribution in [-0.4, -0.2) is 60.1 Å². The average molecular weight is 213 g/mol. The Balaban J connectivity index is 1.88. The SMILES string of the molecule is O=C1CNC(C(=O)N2CC[C@@H](O)C2)CN1. The number of β-amino-alcohol motifs (C(OH)–C–C–N with tert-alkyl or cyclic N) is 1. The molecule has 6 heteroatoms. The molecule has 3 N–H and O–H groups in total. The topological polar surface area (TPSA) is 81.7 Å². The summed E-state index contributed by atoms with van der Waals surface area (Å²) in [7, 11) is 0. The lowest BCUT2D eigenvalue weighted by molar-refractivity contribution is -0.134. The highest BCUT2D eigenvalue weighted by Crippen LogP contribution is 2.10. The van der Waals surface area contributed by atoms with Crippen LogP contribution < -0.4 is 10.6 Å². The molecule has 6 nitrogen and oxygen atoms in total. The molecule has 1 unspecified atom stereocenters. The van der Waals surface area contributed by atoms with E-state index in [9.17, 15) is 14.7 Å². The molecule has 2 saturated heterocycles. The molecule has 2 amide bonds. The lowest BCUT2D eigenvalue weighted by Crippen LogP contribution is -2.58. The number of piperazine rings is 1. The first-order valence-electron chi connectivity index (χ1n) is 5.14. The molecule has 2 fully saturated rings. The van der Waals surface area contributed by atoms with Crippen LogP contribution in [0, 0.1) is 0 Å². The molecule has 0 saturated carbocycles. The van der Waals surface area contributed by atoms with Crippen LogP contribution in [0.2, 0.25) is 0 Å². The first kappa shape index (κ1) is 10.4. The van der Waals surface area contributed by atoms with Gasteiger partial charge in [-0.3, -0.25) is 14.9 Å². The van der Waals surface area contributed by atoms with Crippen molar-refractivity contribution in [3.63, 3.8) is 0 Å². The van der Waals surface area contributed by atoms with Gasteiger partial charge in [0.1, 0.15) is 6.04 Å². The van der Waals surface area contributed by atoms with Gasteiger partial charge in [-0.15, -0.1) is 0 Å². The molecule has 0 aromatic heterocycles. The van der Waals surface area contributed by atoms with Crippen molar-refractivity contribution in [3.8, 4) is 0 Å². The molecule has 0 aromatic rings. The van der Waals surface area contributed by atoms with Gasteiger partial charge < -0.3 is 15.3 Å². The van der Waals surface area contributed by atoms with Crippen LogP contribution in [0.4, 0.5) is 0 Å². The van der Waals surface area contributed by atoms with Gasteiger partial charge in [-0.25, -0.2) is 0 Å². The van der Waals surface area contributed by atoms with E-state index >= 15 is 0 Å². The van der Waals surface area contributed by atoms with E-state index < -0.39 is 6.10 Å². The van der Waals surface area contributed by atoms with Gasteiger partial charge in [0.05, 0.1) is 12.6 Å². The van der Waals surface area contributed by atoms with E-state index in [-0.39, 0.29) is 24.4 Å². The lowest BCUT2D eigenvalue weighted by atomic mass is 10.2. The molecule has 0 aliphatic carbocycles. The molecule has 0 bridgehead atoms. The second kappa shape index (κ2) is 4.16. The van der Waals surface area contributed by atoms with Gasteiger partial charge in [-0.1, -0.05) is 0 Å². The number of rotatable bonds is 1. The van der Waals surface area contributed by atoms with E-state index in [2.05, 4.69) is 10.6 Å². The van der Waals surface area contributed by atoms with Crippen LogP contribution in [0.1, 0.15) is 6.42 Å². The standard InChI is InChI=1S/C9H15N3O3/c13-6-1-2-12(5-6)9(15)7-3-11-8(14)4-10-7/h6-7,10,13H,1-5H2,(H,11,14)/t6-,7?/m1/s1. The van der Waals surface area contributed by atoms with Crippen LogP contribution in [0.3, 0.4) is 0 Å². The summed E-state index contributed by atoms with van der Waals surface area (Å²) < 4.78 is 0. The number of aliphatic hydroxyl groups is 1. The number of carbonyl (C=O) groups excluding carboxylic acids is 2. The maximum atomic E-state index is 11.9. The normalized spacial score (nSPS) is 31.5. The van der Waals surface area contributed by atoms with Gasteiger partial charge in [0, 0.05) is 19.6 Å². The van der Waals surface area contributed by atoms with Gasteiger partial charge in [0.15, 0.2) is 0 Å². The molecular weight excluding hydrogens is 198 g/mol. The first-order chi connectivity index (χ1) is 7.16. The maximum Gasteiger partial charge on any atom is 0.241 e. The fourth-order valence-electron chi connectivity index (χ4n) is 1.90. The van der Waals surface area contributed by atoms with Crippen molar-refractivity contribution >= 4 is 11.8 Å². The Morgan fingerprint density at radius 1 is 1.53 bits per heavy atom. The van der Waals surface area contributed by atoms with Crippen molar-refractivity contribution in [1.82, 2.24) is 15.5 Å². The third-order valence-electron chi connectivity index (χ3n) is 2.79. The molecular formula is C9H15N3O3. The molecule has 0 spiro atoms. The summed E-state index contributed by atoms with van der Waals surface area (Å²) in [6.07, 6.45) is 0.247. The Morgan fingerprint density at radius 3 is 2.87 bits per heavy atom. The molecule has 2 atom stereocenters. The van der Waals surface area contributed by atoms with Gasteiger partial charge in [-0.05, 0) is 6.42 Å². The van der Waals surface area contributed by atoms with E-state index in [4.69, 9.17) is 0 Å². The van der Waals surface area contributed by atoms with Crippen molar-refractivity contribution in [1.29, 1.82) is 0 Å². The van der Waals surface area contributed by atoms with Gasteiger partial charge >= 0.3 is 0 Å². The Kier molecular flexibility index (Phi) is 2.88. The van der Waals surface area contributed by atoms with Gasteiger partial charge in [0.25, 0.3) is 0 Å². The molecule has 15 heavy (non-hydrogen) atoms. The summed E-state index contributed by atoms with van der Waals surface area (Å²) in [5.74, 6) is -0.118.